The molecule has 0 radical (unpaired) electrons. The number of hydrogen-bond donors (Lipinski definition) is 1. The largest absolute Gasteiger partial charge is 0.309 e. The Morgan fingerprint density at radius 1 is 1.53 bits per heavy atom. The van der Waals surface area contributed by atoms with Crippen LogP contribution in [-0.4, -0.2) is 11.0 Å². The molecule has 1 aromatic rings. The van der Waals surface area contributed by atoms with Gasteiger partial charge in [-0.25, -0.2) is 4.98 Å². The molecule has 1 aliphatic carbocycles. The predicted octanol–water partition coefficient (Wildman–Crippen LogP) is 2.94. The average molecular weight is 224 g/mol. The highest BCUT2D eigenvalue weighted by atomic mass is 32.1. The molecule has 0 spiro atoms. The third kappa shape index (κ3) is 2.79. The second-order valence-corrected chi connectivity index (χ2v) is 6.70. The van der Waals surface area contributed by atoms with E-state index in [1.54, 1.807) is 0 Å². The van der Waals surface area contributed by atoms with Crippen molar-refractivity contribution in [2.45, 2.75) is 52.1 Å². The Labute approximate surface area is 96.1 Å². The first-order valence-corrected chi connectivity index (χ1v) is 6.47. The first-order chi connectivity index (χ1) is 6.97. The van der Waals surface area contributed by atoms with Crippen molar-refractivity contribution < 1.29 is 0 Å². The number of nitrogens with one attached hydrogen (secondary N) is 1. The van der Waals surface area contributed by atoms with E-state index in [4.69, 9.17) is 0 Å². The molecule has 1 heterocycles. The minimum Gasteiger partial charge on any atom is -0.309 e. The van der Waals surface area contributed by atoms with Gasteiger partial charge in [0.25, 0.3) is 0 Å². The Hall–Kier alpha value is -0.410. The molecule has 2 rings (SSSR count). The SMILES string of the molecule is CC1CC1NCc1cnc(C(C)(C)C)s1. The summed E-state index contributed by atoms with van der Waals surface area (Å²) in [6.07, 6.45) is 3.36. The Balaban J connectivity index is 1.90. The fourth-order valence-electron chi connectivity index (χ4n) is 1.57. The molecule has 3 heteroatoms. The minimum atomic E-state index is 0.190. The highest BCUT2D eigenvalue weighted by Crippen LogP contribution is 2.30. The maximum atomic E-state index is 4.48. The van der Waals surface area contributed by atoms with Crippen molar-refractivity contribution in [3.05, 3.63) is 16.1 Å². The van der Waals surface area contributed by atoms with Gasteiger partial charge in [0.15, 0.2) is 0 Å². The van der Waals surface area contributed by atoms with Crippen molar-refractivity contribution in [3.8, 4) is 0 Å². The zero-order valence-corrected chi connectivity index (χ0v) is 10.8. The predicted molar refractivity (Wildman–Crippen MR) is 65.2 cm³/mol. The van der Waals surface area contributed by atoms with E-state index in [-0.39, 0.29) is 5.41 Å². The number of hydrogen-bond acceptors (Lipinski definition) is 3. The fraction of sp³-hybridized carbons (Fsp3) is 0.750. The molecule has 15 heavy (non-hydrogen) atoms. The Morgan fingerprint density at radius 2 is 2.20 bits per heavy atom. The maximum absolute atomic E-state index is 4.48. The molecule has 0 aromatic carbocycles. The third-order valence-electron chi connectivity index (χ3n) is 2.84. The molecule has 1 aliphatic rings. The van der Waals surface area contributed by atoms with Crippen LogP contribution in [0.1, 0.15) is 44.0 Å². The van der Waals surface area contributed by atoms with E-state index >= 15 is 0 Å². The summed E-state index contributed by atoms with van der Waals surface area (Å²) in [5.41, 5.74) is 0.190. The molecule has 0 amide bonds. The summed E-state index contributed by atoms with van der Waals surface area (Å²) < 4.78 is 0. The molecule has 0 aliphatic heterocycles. The number of thiazole rings is 1. The molecule has 2 nitrogen and oxygen atoms in total. The summed E-state index contributed by atoms with van der Waals surface area (Å²) in [5, 5.41) is 4.80. The normalized spacial score (nSPS) is 25.6. The van der Waals surface area contributed by atoms with E-state index in [0.29, 0.717) is 0 Å². The molecule has 2 unspecified atom stereocenters. The van der Waals surface area contributed by atoms with E-state index in [2.05, 4.69) is 38.0 Å². The summed E-state index contributed by atoms with van der Waals surface area (Å²) in [6, 6.07) is 0.755. The summed E-state index contributed by atoms with van der Waals surface area (Å²) in [5.74, 6) is 0.875. The number of rotatable bonds is 3. The summed E-state index contributed by atoms with van der Waals surface area (Å²) in [6.45, 7) is 9.93. The lowest BCUT2D eigenvalue weighted by molar-refractivity contribution is 0.585. The van der Waals surface area contributed by atoms with Crippen molar-refractivity contribution >= 4 is 11.3 Å². The number of aromatic nitrogens is 1. The van der Waals surface area contributed by atoms with Gasteiger partial charge in [0.1, 0.15) is 0 Å². The van der Waals surface area contributed by atoms with Gasteiger partial charge in [-0.15, -0.1) is 11.3 Å². The lowest BCUT2D eigenvalue weighted by Gasteiger charge is -2.13. The van der Waals surface area contributed by atoms with E-state index in [0.717, 1.165) is 18.5 Å². The van der Waals surface area contributed by atoms with Crippen LogP contribution >= 0.6 is 11.3 Å². The van der Waals surface area contributed by atoms with Crippen molar-refractivity contribution in [3.63, 3.8) is 0 Å². The van der Waals surface area contributed by atoms with Crippen LogP contribution in [0.4, 0.5) is 0 Å². The standard InChI is InChI=1S/C12H20N2S/c1-8-5-10(8)13-6-9-7-14-11(15-9)12(2,3)4/h7-8,10,13H,5-6H2,1-4H3. The van der Waals surface area contributed by atoms with Crippen LogP contribution in [0.5, 0.6) is 0 Å². The van der Waals surface area contributed by atoms with Crippen molar-refractivity contribution in [2.24, 2.45) is 5.92 Å². The Bertz CT molecular complexity index is 338. The van der Waals surface area contributed by atoms with Gasteiger partial charge in [-0.3, -0.25) is 0 Å². The second-order valence-electron chi connectivity index (χ2n) is 5.58. The van der Waals surface area contributed by atoms with Crippen LogP contribution in [0.2, 0.25) is 0 Å². The quantitative estimate of drug-likeness (QED) is 0.854. The maximum Gasteiger partial charge on any atom is 0.0981 e. The first-order valence-electron chi connectivity index (χ1n) is 5.65. The Morgan fingerprint density at radius 3 is 2.67 bits per heavy atom. The van der Waals surface area contributed by atoms with Gasteiger partial charge in [-0.05, 0) is 12.3 Å². The van der Waals surface area contributed by atoms with Crippen molar-refractivity contribution in [1.82, 2.24) is 10.3 Å². The van der Waals surface area contributed by atoms with E-state index in [9.17, 15) is 0 Å². The molecular formula is C12H20N2S. The molecular weight excluding hydrogens is 204 g/mol. The van der Waals surface area contributed by atoms with Crippen LogP contribution in [0.15, 0.2) is 6.20 Å². The van der Waals surface area contributed by atoms with Crippen LogP contribution < -0.4 is 5.32 Å². The molecule has 2 atom stereocenters. The highest BCUT2D eigenvalue weighted by molar-refractivity contribution is 7.11. The summed E-state index contributed by atoms with van der Waals surface area (Å²) >= 11 is 1.84. The summed E-state index contributed by atoms with van der Waals surface area (Å²) in [7, 11) is 0. The van der Waals surface area contributed by atoms with Crippen molar-refractivity contribution in [2.75, 3.05) is 0 Å². The highest BCUT2D eigenvalue weighted by Gasteiger charge is 2.31. The zero-order chi connectivity index (χ0) is 11.1. The second kappa shape index (κ2) is 3.87. The van der Waals surface area contributed by atoms with E-state index in [1.807, 2.05) is 17.5 Å². The first kappa shape index (κ1) is 11.1. The van der Waals surface area contributed by atoms with Gasteiger partial charge in [0, 0.05) is 29.1 Å². The minimum absolute atomic E-state index is 0.190. The average Bonchev–Trinajstić information content (AvgIpc) is 2.66. The van der Waals surface area contributed by atoms with Gasteiger partial charge < -0.3 is 5.32 Å². The van der Waals surface area contributed by atoms with Gasteiger partial charge in [0.2, 0.25) is 0 Å². The van der Waals surface area contributed by atoms with Crippen LogP contribution in [0.25, 0.3) is 0 Å². The summed E-state index contributed by atoms with van der Waals surface area (Å²) in [4.78, 5) is 5.84. The molecule has 1 aromatic heterocycles. The lowest BCUT2D eigenvalue weighted by atomic mass is 9.98. The molecule has 1 N–H and O–H groups in total. The van der Waals surface area contributed by atoms with Crippen molar-refractivity contribution in [1.29, 1.82) is 0 Å². The lowest BCUT2D eigenvalue weighted by Crippen LogP contribution is -2.16. The third-order valence-corrected chi connectivity index (χ3v) is 4.27. The molecule has 84 valence electrons. The van der Waals surface area contributed by atoms with Gasteiger partial charge >= 0.3 is 0 Å². The molecule has 1 saturated carbocycles. The van der Waals surface area contributed by atoms with Crippen LogP contribution in [-0.2, 0) is 12.0 Å². The zero-order valence-electron chi connectivity index (χ0n) is 10.0. The molecule has 0 bridgehead atoms. The monoisotopic (exact) mass is 224 g/mol. The van der Waals surface area contributed by atoms with Crippen LogP contribution in [0, 0.1) is 5.92 Å². The van der Waals surface area contributed by atoms with Gasteiger partial charge in [0.05, 0.1) is 5.01 Å². The molecule has 1 fully saturated rings. The van der Waals surface area contributed by atoms with E-state index in [1.165, 1.54) is 16.3 Å². The van der Waals surface area contributed by atoms with Gasteiger partial charge in [-0.2, -0.15) is 0 Å². The van der Waals surface area contributed by atoms with E-state index < -0.39 is 0 Å². The molecule has 0 saturated heterocycles. The fourth-order valence-corrected chi connectivity index (χ4v) is 2.50. The topological polar surface area (TPSA) is 24.9 Å². The van der Waals surface area contributed by atoms with Crippen LogP contribution in [0.3, 0.4) is 0 Å². The number of nitrogens with zero attached hydrogens (tertiary/aromatic N) is 1. The smallest absolute Gasteiger partial charge is 0.0981 e. The van der Waals surface area contributed by atoms with Gasteiger partial charge in [-0.1, -0.05) is 27.7 Å². The Kier molecular flexibility index (Phi) is 2.86.